The van der Waals surface area contributed by atoms with Gasteiger partial charge in [0.1, 0.15) is 11.6 Å². The molecular weight excluding hydrogens is 392 g/mol. The van der Waals surface area contributed by atoms with Crippen molar-refractivity contribution in [3.63, 3.8) is 0 Å². The Bertz CT molecular complexity index is 720. The molecular formula is C16H13BrClF2NO2. The highest BCUT2D eigenvalue weighted by Gasteiger charge is 2.16. The van der Waals surface area contributed by atoms with Gasteiger partial charge in [-0.25, -0.2) is 8.78 Å². The SMILES string of the molecule is CCOc1c(Br)cc(F)cc1NC(=O)Cc1c(F)cccc1Cl. The van der Waals surface area contributed by atoms with Gasteiger partial charge < -0.3 is 10.1 Å². The van der Waals surface area contributed by atoms with Gasteiger partial charge in [-0.05, 0) is 41.1 Å². The summed E-state index contributed by atoms with van der Waals surface area (Å²) in [5.41, 5.74) is 0.247. The molecule has 2 rings (SSSR count). The highest BCUT2D eigenvalue weighted by molar-refractivity contribution is 9.10. The molecule has 0 saturated carbocycles. The molecule has 7 heteroatoms. The number of carbonyl (C=O) groups excluding carboxylic acids is 1. The highest BCUT2D eigenvalue weighted by Crippen LogP contribution is 2.34. The summed E-state index contributed by atoms with van der Waals surface area (Å²) in [5, 5.41) is 2.68. The average molecular weight is 405 g/mol. The van der Waals surface area contributed by atoms with E-state index in [1.54, 1.807) is 6.92 Å². The maximum atomic E-state index is 13.7. The van der Waals surface area contributed by atoms with Crippen LogP contribution in [0.5, 0.6) is 5.75 Å². The standard InChI is InChI=1S/C16H13BrClF2NO2/c1-2-23-16-11(17)6-9(19)7-14(16)21-15(22)8-10-12(18)4-3-5-13(10)20/h3-7H,2,8H2,1H3,(H,21,22). The Labute approximate surface area is 145 Å². The average Bonchev–Trinajstić information content (AvgIpc) is 2.46. The van der Waals surface area contributed by atoms with Crippen LogP contribution < -0.4 is 10.1 Å². The second-order valence-electron chi connectivity index (χ2n) is 4.62. The Hall–Kier alpha value is -1.66. The van der Waals surface area contributed by atoms with Crippen LogP contribution in [0.25, 0.3) is 0 Å². The molecule has 3 nitrogen and oxygen atoms in total. The molecule has 122 valence electrons. The molecule has 0 unspecified atom stereocenters. The second-order valence-corrected chi connectivity index (χ2v) is 5.88. The third kappa shape index (κ3) is 4.42. The smallest absolute Gasteiger partial charge is 0.229 e. The van der Waals surface area contributed by atoms with Gasteiger partial charge in [0.2, 0.25) is 5.91 Å². The maximum absolute atomic E-state index is 13.7. The van der Waals surface area contributed by atoms with E-state index in [1.807, 2.05) is 0 Å². The van der Waals surface area contributed by atoms with Crippen molar-refractivity contribution in [1.82, 2.24) is 0 Å². The molecule has 0 fully saturated rings. The predicted octanol–water partition coefficient (Wildman–Crippen LogP) is 4.96. The van der Waals surface area contributed by atoms with Gasteiger partial charge in [-0.3, -0.25) is 4.79 Å². The summed E-state index contributed by atoms with van der Waals surface area (Å²) in [4.78, 5) is 12.1. The van der Waals surface area contributed by atoms with Crippen LogP contribution in [0.15, 0.2) is 34.8 Å². The van der Waals surface area contributed by atoms with E-state index in [1.165, 1.54) is 24.3 Å². The van der Waals surface area contributed by atoms with Crippen LogP contribution in [0.4, 0.5) is 14.5 Å². The van der Waals surface area contributed by atoms with Crippen molar-refractivity contribution in [2.45, 2.75) is 13.3 Å². The summed E-state index contributed by atoms with van der Waals surface area (Å²) in [6, 6.07) is 6.54. The topological polar surface area (TPSA) is 38.3 Å². The second kappa shape index (κ2) is 7.75. The van der Waals surface area contributed by atoms with Crippen LogP contribution in [-0.4, -0.2) is 12.5 Å². The van der Waals surface area contributed by atoms with Gasteiger partial charge in [0.05, 0.1) is 23.2 Å². The number of hydrogen-bond acceptors (Lipinski definition) is 2. The van der Waals surface area contributed by atoms with Gasteiger partial charge >= 0.3 is 0 Å². The van der Waals surface area contributed by atoms with Gasteiger partial charge in [0.15, 0.2) is 5.75 Å². The van der Waals surface area contributed by atoms with E-state index in [0.29, 0.717) is 16.8 Å². The monoisotopic (exact) mass is 403 g/mol. The molecule has 2 aromatic carbocycles. The molecule has 0 saturated heterocycles. The molecule has 0 aliphatic rings. The number of amides is 1. The van der Waals surface area contributed by atoms with E-state index in [2.05, 4.69) is 21.2 Å². The number of nitrogens with one attached hydrogen (secondary N) is 1. The van der Waals surface area contributed by atoms with Crippen LogP contribution in [0.1, 0.15) is 12.5 Å². The Morgan fingerprint density at radius 1 is 1.35 bits per heavy atom. The van der Waals surface area contributed by atoms with Crippen LogP contribution >= 0.6 is 27.5 Å². The minimum atomic E-state index is -0.571. The van der Waals surface area contributed by atoms with Crippen molar-refractivity contribution in [3.8, 4) is 5.75 Å². The molecule has 0 radical (unpaired) electrons. The van der Waals surface area contributed by atoms with Crippen molar-refractivity contribution in [3.05, 3.63) is 57.0 Å². The predicted molar refractivity (Wildman–Crippen MR) is 89.0 cm³/mol. The fourth-order valence-electron chi connectivity index (χ4n) is 2.00. The summed E-state index contributed by atoms with van der Waals surface area (Å²) in [7, 11) is 0. The summed E-state index contributed by atoms with van der Waals surface area (Å²) in [6.07, 6.45) is -0.273. The van der Waals surface area contributed by atoms with Crippen LogP contribution in [0.2, 0.25) is 5.02 Å². The molecule has 23 heavy (non-hydrogen) atoms. The lowest BCUT2D eigenvalue weighted by Crippen LogP contribution is -2.16. The van der Waals surface area contributed by atoms with Crippen molar-refractivity contribution < 1.29 is 18.3 Å². The number of anilines is 1. The first-order valence-electron chi connectivity index (χ1n) is 6.77. The molecule has 1 amide bonds. The Morgan fingerprint density at radius 3 is 2.74 bits per heavy atom. The van der Waals surface area contributed by atoms with E-state index >= 15 is 0 Å². The quantitative estimate of drug-likeness (QED) is 0.765. The zero-order chi connectivity index (χ0) is 17.0. The first-order valence-corrected chi connectivity index (χ1v) is 7.94. The van der Waals surface area contributed by atoms with Gasteiger partial charge in [-0.1, -0.05) is 17.7 Å². The lowest BCUT2D eigenvalue weighted by molar-refractivity contribution is -0.115. The van der Waals surface area contributed by atoms with E-state index in [-0.39, 0.29) is 22.7 Å². The fraction of sp³-hybridized carbons (Fsp3) is 0.188. The molecule has 0 aromatic heterocycles. The third-order valence-electron chi connectivity index (χ3n) is 2.97. The lowest BCUT2D eigenvalue weighted by atomic mass is 10.1. The first kappa shape index (κ1) is 17.7. The van der Waals surface area contributed by atoms with Crippen molar-refractivity contribution >= 4 is 39.1 Å². The van der Waals surface area contributed by atoms with Crippen molar-refractivity contribution in [2.24, 2.45) is 0 Å². The van der Waals surface area contributed by atoms with E-state index in [4.69, 9.17) is 16.3 Å². The largest absolute Gasteiger partial charge is 0.491 e. The lowest BCUT2D eigenvalue weighted by Gasteiger charge is -2.14. The zero-order valence-electron chi connectivity index (χ0n) is 12.1. The normalized spacial score (nSPS) is 10.5. The summed E-state index contributed by atoms with van der Waals surface area (Å²) >= 11 is 9.08. The van der Waals surface area contributed by atoms with Gasteiger partial charge in [-0.2, -0.15) is 0 Å². The number of ether oxygens (including phenoxy) is 1. The zero-order valence-corrected chi connectivity index (χ0v) is 14.5. The molecule has 0 spiro atoms. The van der Waals surface area contributed by atoms with E-state index in [9.17, 15) is 13.6 Å². The number of rotatable bonds is 5. The molecule has 0 aliphatic heterocycles. The molecule has 0 atom stereocenters. The fourth-order valence-corrected chi connectivity index (χ4v) is 2.78. The Kier molecular flexibility index (Phi) is 5.96. The van der Waals surface area contributed by atoms with Crippen LogP contribution in [-0.2, 0) is 11.2 Å². The number of halogens is 4. The number of hydrogen-bond donors (Lipinski definition) is 1. The highest BCUT2D eigenvalue weighted by atomic mass is 79.9. The molecule has 1 N–H and O–H groups in total. The Morgan fingerprint density at radius 2 is 2.09 bits per heavy atom. The van der Waals surface area contributed by atoms with E-state index < -0.39 is 17.5 Å². The van der Waals surface area contributed by atoms with Crippen LogP contribution in [0.3, 0.4) is 0 Å². The molecule has 0 bridgehead atoms. The molecule has 2 aromatic rings. The number of benzene rings is 2. The third-order valence-corrected chi connectivity index (χ3v) is 3.91. The molecule has 0 heterocycles. The summed E-state index contributed by atoms with van der Waals surface area (Å²) in [6.45, 7) is 2.10. The first-order chi connectivity index (χ1) is 10.9. The van der Waals surface area contributed by atoms with Gasteiger partial charge in [0.25, 0.3) is 0 Å². The Balaban J connectivity index is 2.23. The minimum Gasteiger partial charge on any atom is -0.491 e. The van der Waals surface area contributed by atoms with Crippen molar-refractivity contribution in [1.29, 1.82) is 0 Å². The van der Waals surface area contributed by atoms with Crippen LogP contribution in [0, 0.1) is 11.6 Å². The molecule has 0 aliphatic carbocycles. The summed E-state index contributed by atoms with van der Waals surface area (Å²) < 4.78 is 33.0. The minimum absolute atomic E-state index is 0.0834. The maximum Gasteiger partial charge on any atom is 0.229 e. The van der Waals surface area contributed by atoms with Gasteiger partial charge in [0, 0.05) is 16.7 Å². The summed E-state index contributed by atoms with van der Waals surface area (Å²) in [5.74, 6) is -1.34. The van der Waals surface area contributed by atoms with Gasteiger partial charge in [-0.15, -0.1) is 0 Å². The van der Waals surface area contributed by atoms with E-state index in [0.717, 1.165) is 6.07 Å². The van der Waals surface area contributed by atoms with Crippen molar-refractivity contribution in [2.75, 3.05) is 11.9 Å². The number of carbonyl (C=O) groups is 1.